The second-order valence-electron chi connectivity index (χ2n) is 3.04. The molecule has 0 N–H and O–H groups in total. The highest BCUT2D eigenvalue weighted by Crippen LogP contribution is 2.04. The molecule has 1 heterocycles. The molecular formula is C12H12NO+. The highest BCUT2D eigenvalue weighted by Gasteiger charge is 2.02. The van der Waals surface area contributed by atoms with Gasteiger partial charge in [-0.2, -0.15) is 4.58 Å². The molecule has 14 heavy (non-hydrogen) atoms. The molecule has 2 aromatic rings. The van der Waals surface area contributed by atoms with Crippen molar-refractivity contribution in [2.24, 2.45) is 0 Å². The fourth-order valence-electron chi connectivity index (χ4n) is 1.30. The van der Waals surface area contributed by atoms with Crippen LogP contribution in [0.25, 0.3) is 0 Å². The molecule has 2 heteroatoms. The minimum Gasteiger partial charge on any atom is -0.413 e. The first-order valence-electron chi connectivity index (χ1n) is 4.53. The first-order chi connectivity index (χ1) is 6.88. The highest BCUT2D eigenvalue weighted by atomic mass is 16.3. The van der Waals surface area contributed by atoms with Gasteiger partial charge in [0.2, 0.25) is 5.69 Å². The quantitative estimate of drug-likeness (QED) is 0.622. The fourth-order valence-corrected chi connectivity index (χ4v) is 1.30. The van der Waals surface area contributed by atoms with Crippen LogP contribution in [0.2, 0.25) is 0 Å². The summed E-state index contributed by atoms with van der Waals surface area (Å²) in [5.41, 5.74) is 1.95. The molecule has 0 amide bonds. The average molecular weight is 186 g/mol. The summed E-state index contributed by atoms with van der Waals surface area (Å²) in [6.45, 7) is 0. The van der Waals surface area contributed by atoms with Gasteiger partial charge in [-0.15, -0.1) is 0 Å². The molecule has 0 radical (unpaired) electrons. The maximum atomic E-state index is 5.37. The Morgan fingerprint density at radius 1 is 0.929 bits per heavy atom. The molecule has 2 rings (SSSR count). The monoisotopic (exact) mass is 186 g/mol. The van der Waals surface area contributed by atoms with Crippen LogP contribution in [0.3, 0.4) is 0 Å². The van der Waals surface area contributed by atoms with E-state index >= 15 is 0 Å². The zero-order valence-electron chi connectivity index (χ0n) is 8.05. The van der Waals surface area contributed by atoms with Gasteiger partial charge in [0.15, 0.2) is 0 Å². The van der Waals surface area contributed by atoms with Crippen LogP contribution in [0.1, 0.15) is 0 Å². The maximum Gasteiger partial charge on any atom is 0.372 e. The first kappa shape index (κ1) is 8.75. The highest BCUT2D eigenvalue weighted by molar-refractivity contribution is 5.36. The molecule has 0 saturated carbocycles. The van der Waals surface area contributed by atoms with Crippen LogP contribution < -0.4 is 10.1 Å². The summed E-state index contributed by atoms with van der Waals surface area (Å²) in [6, 6.07) is 15.9. The molecular weight excluding hydrogens is 174 g/mol. The van der Waals surface area contributed by atoms with Gasteiger partial charge in [0.1, 0.15) is 7.05 Å². The van der Waals surface area contributed by atoms with Gasteiger partial charge >= 0.3 is 5.55 Å². The molecule has 1 aromatic carbocycles. The molecule has 1 aromatic heterocycles. The van der Waals surface area contributed by atoms with Crippen molar-refractivity contribution in [2.45, 2.75) is 0 Å². The lowest BCUT2D eigenvalue weighted by Crippen LogP contribution is -2.20. The van der Waals surface area contributed by atoms with Crippen molar-refractivity contribution in [3.63, 3.8) is 0 Å². The van der Waals surface area contributed by atoms with E-state index in [0.717, 1.165) is 11.2 Å². The number of hydrogen-bond donors (Lipinski definition) is 0. The van der Waals surface area contributed by atoms with E-state index in [1.807, 2.05) is 60.2 Å². The molecule has 0 unspecified atom stereocenters. The standard InChI is InChI=1S/C12H12NO/c1-13(11-7-3-2-4-8-11)12-9-5-6-10-14-12/h2-10H,1H3/q+1. The Morgan fingerprint density at radius 2 is 1.64 bits per heavy atom. The molecule has 0 aliphatic rings. The number of rotatable bonds is 1. The second-order valence-corrected chi connectivity index (χ2v) is 3.04. The smallest absolute Gasteiger partial charge is 0.372 e. The third-order valence-electron chi connectivity index (χ3n) is 2.09. The van der Waals surface area contributed by atoms with Gasteiger partial charge < -0.3 is 4.42 Å². The lowest BCUT2D eigenvalue weighted by atomic mass is 10.3. The Hall–Kier alpha value is -1.83. The van der Waals surface area contributed by atoms with Crippen LogP contribution in [0.5, 0.6) is 0 Å². The van der Waals surface area contributed by atoms with Crippen molar-refractivity contribution in [3.05, 3.63) is 60.3 Å². The predicted molar refractivity (Wildman–Crippen MR) is 56.0 cm³/mol. The third-order valence-corrected chi connectivity index (χ3v) is 2.09. The van der Waals surface area contributed by atoms with E-state index < -0.39 is 0 Å². The molecule has 0 aliphatic heterocycles. The molecule has 0 fully saturated rings. The van der Waals surface area contributed by atoms with Crippen LogP contribution in [-0.4, -0.2) is 7.05 Å². The van der Waals surface area contributed by atoms with E-state index in [2.05, 4.69) is 0 Å². The van der Waals surface area contributed by atoms with Crippen molar-refractivity contribution in [3.8, 4) is 0 Å². The molecule has 0 bridgehead atoms. The molecule has 0 atom stereocenters. The van der Waals surface area contributed by atoms with E-state index in [-0.39, 0.29) is 0 Å². The van der Waals surface area contributed by atoms with E-state index in [4.69, 9.17) is 4.42 Å². The Morgan fingerprint density at radius 3 is 2.29 bits per heavy atom. The maximum absolute atomic E-state index is 5.37. The molecule has 0 saturated heterocycles. The average Bonchev–Trinajstić information content (AvgIpc) is 2.30. The predicted octanol–water partition coefficient (Wildman–Crippen LogP) is 2.01. The summed E-state index contributed by atoms with van der Waals surface area (Å²) in [4.78, 5) is 0. The second kappa shape index (κ2) is 3.92. The summed E-state index contributed by atoms with van der Waals surface area (Å²) < 4.78 is 7.37. The number of nitrogens with zero attached hydrogens (tertiary/aromatic N) is 1. The van der Waals surface area contributed by atoms with Crippen LogP contribution in [0.4, 0.5) is 5.69 Å². The Balaban J connectivity index is 2.57. The van der Waals surface area contributed by atoms with Crippen LogP contribution in [0.15, 0.2) is 59.2 Å². The molecule has 0 aliphatic carbocycles. The summed E-state index contributed by atoms with van der Waals surface area (Å²) in [5, 5.41) is 0. The van der Waals surface area contributed by atoms with Crippen LogP contribution >= 0.6 is 0 Å². The zero-order valence-corrected chi connectivity index (χ0v) is 8.05. The Bertz CT molecular complexity index is 453. The lowest BCUT2D eigenvalue weighted by molar-refractivity contribution is 0.465. The lowest BCUT2D eigenvalue weighted by Gasteiger charge is -1.93. The summed E-state index contributed by atoms with van der Waals surface area (Å²) >= 11 is 0. The van der Waals surface area contributed by atoms with Gasteiger partial charge in [-0.1, -0.05) is 18.2 Å². The van der Waals surface area contributed by atoms with Crippen LogP contribution in [0, 0.1) is 0 Å². The number of para-hydroxylation sites is 1. The van der Waals surface area contributed by atoms with Gasteiger partial charge in [-0.05, 0) is 12.1 Å². The zero-order chi connectivity index (χ0) is 9.80. The number of benzene rings is 1. The summed E-state index contributed by atoms with van der Waals surface area (Å²) in [6.07, 6.45) is 1.68. The minimum atomic E-state index is 0.832. The van der Waals surface area contributed by atoms with Gasteiger partial charge in [-0.3, -0.25) is 0 Å². The van der Waals surface area contributed by atoms with Gasteiger partial charge in [0.05, 0.1) is 12.3 Å². The molecule has 2 nitrogen and oxygen atoms in total. The third kappa shape index (κ3) is 1.74. The number of hydrogen-bond acceptors (Lipinski definition) is 1. The molecule has 0 spiro atoms. The van der Waals surface area contributed by atoms with Crippen molar-refractivity contribution in [2.75, 3.05) is 7.05 Å². The Labute approximate surface area is 82.8 Å². The normalized spacial score (nSPS) is 12.4. The van der Waals surface area contributed by atoms with Crippen molar-refractivity contribution < 1.29 is 4.42 Å². The van der Waals surface area contributed by atoms with Crippen LogP contribution in [-0.2, 0) is 0 Å². The van der Waals surface area contributed by atoms with E-state index in [0.29, 0.717) is 0 Å². The fraction of sp³-hybridized carbons (Fsp3) is 0.0833. The summed E-state index contributed by atoms with van der Waals surface area (Å²) in [5.74, 6) is 0. The Kier molecular flexibility index (Phi) is 2.45. The van der Waals surface area contributed by atoms with E-state index in [1.54, 1.807) is 6.26 Å². The minimum absolute atomic E-state index is 0.832. The van der Waals surface area contributed by atoms with E-state index in [1.165, 1.54) is 0 Å². The molecule has 70 valence electrons. The van der Waals surface area contributed by atoms with E-state index in [9.17, 15) is 0 Å². The topological polar surface area (TPSA) is 16.1 Å². The largest absolute Gasteiger partial charge is 0.413 e. The first-order valence-corrected chi connectivity index (χ1v) is 4.53. The SMILES string of the molecule is C[N+](c1ccccc1)=c1cccco1. The van der Waals surface area contributed by atoms with Crippen molar-refractivity contribution in [1.29, 1.82) is 0 Å². The van der Waals surface area contributed by atoms with Crippen molar-refractivity contribution >= 4 is 5.69 Å². The van der Waals surface area contributed by atoms with Gasteiger partial charge in [-0.25, -0.2) is 0 Å². The van der Waals surface area contributed by atoms with Crippen molar-refractivity contribution in [1.82, 2.24) is 4.58 Å². The summed E-state index contributed by atoms with van der Waals surface area (Å²) in [7, 11) is 1.98. The van der Waals surface area contributed by atoms with Gasteiger partial charge in [0, 0.05) is 12.1 Å². The van der Waals surface area contributed by atoms with Gasteiger partial charge in [0.25, 0.3) is 0 Å².